The van der Waals surface area contributed by atoms with Crippen molar-refractivity contribution in [1.82, 2.24) is 5.27 Å². The normalized spacial score (nSPS) is 9.14. The van der Waals surface area contributed by atoms with Gasteiger partial charge in [-0.3, -0.25) is 4.52 Å². The Labute approximate surface area is 45.4 Å². The molecule has 0 unspecified atom stereocenters. The van der Waals surface area contributed by atoms with Crippen LogP contribution in [0, 0.1) is 0 Å². The molecule has 0 bridgehead atoms. The van der Waals surface area contributed by atoms with Gasteiger partial charge in [-0.25, -0.2) is 0 Å². The summed E-state index contributed by atoms with van der Waals surface area (Å²) in [4.78, 5) is 0. The molecule has 0 aromatic carbocycles. The van der Waals surface area contributed by atoms with Gasteiger partial charge in [-0.1, -0.05) is 0 Å². The van der Waals surface area contributed by atoms with Gasteiger partial charge in [-0.05, 0) is 0 Å². The summed E-state index contributed by atoms with van der Waals surface area (Å²) in [6.07, 6.45) is 1.40. The van der Waals surface area contributed by atoms with Crippen molar-refractivity contribution in [2.24, 2.45) is 0 Å². The van der Waals surface area contributed by atoms with Crippen LogP contribution in [-0.4, -0.2) is 5.27 Å². The second kappa shape index (κ2) is 1.34. The van der Waals surface area contributed by atoms with Crippen LogP contribution in [0.5, 0.6) is 0 Å². The number of nitrogen functional groups attached to an aromatic ring is 1. The summed E-state index contributed by atoms with van der Waals surface area (Å²) in [6.45, 7) is 0. The van der Waals surface area contributed by atoms with Crippen LogP contribution in [-0.2, 0) is 12.8 Å². The Balaban J connectivity index is 3.04. The monoisotopic (exact) mass is 117 g/mol. The third-order valence-corrected chi connectivity index (χ3v) is 0.636. The summed E-state index contributed by atoms with van der Waals surface area (Å²) in [6, 6.07) is 0. The van der Waals surface area contributed by atoms with Gasteiger partial charge < -0.3 is 18.5 Å². The first-order valence-electron chi connectivity index (χ1n) is 1.60. The molecule has 4 nitrogen and oxygen atoms in total. The highest BCUT2D eigenvalue weighted by Gasteiger charge is 1.92. The molecule has 0 fully saturated rings. The number of nitrogens with two attached hydrogens (primary N) is 1. The average Bonchev–Trinajstić information content (AvgIpc) is 1.87. The maximum atomic E-state index is 5.06. The van der Waals surface area contributed by atoms with Gasteiger partial charge in [0.1, 0.15) is 0 Å². The van der Waals surface area contributed by atoms with E-state index in [-0.39, 0.29) is 5.88 Å². The van der Waals surface area contributed by atoms with E-state index in [0.29, 0.717) is 0 Å². The van der Waals surface area contributed by atoms with Crippen molar-refractivity contribution in [3.63, 3.8) is 0 Å². The van der Waals surface area contributed by atoms with Crippen LogP contribution in [0.2, 0.25) is 0 Å². The van der Waals surface area contributed by atoms with Crippen LogP contribution >= 0.6 is 0 Å². The predicted octanol–water partition coefficient (Wildman–Crippen LogP) is -1.15. The highest BCUT2D eigenvalue weighted by molar-refractivity contribution is 7.50. The molecule has 7 heavy (non-hydrogen) atoms. The van der Waals surface area contributed by atoms with Crippen LogP contribution in [0.1, 0.15) is 0 Å². The molecule has 1 aromatic heterocycles. The van der Waals surface area contributed by atoms with E-state index in [4.69, 9.17) is 5.73 Å². The zero-order valence-corrected chi connectivity index (χ0v) is 4.18. The summed E-state index contributed by atoms with van der Waals surface area (Å²) in [7, 11) is 0. The van der Waals surface area contributed by atoms with Gasteiger partial charge in [0.25, 0.3) is 5.88 Å². The van der Waals surface area contributed by atoms with Crippen molar-refractivity contribution < 1.29 is 8.61 Å². The first kappa shape index (κ1) is 4.32. The van der Waals surface area contributed by atoms with Gasteiger partial charge in [-0.15, -0.1) is 4.09 Å². The fourth-order valence-corrected chi connectivity index (χ4v) is 0.381. The van der Waals surface area contributed by atoms with E-state index < -0.39 is 0 Å². The quantitative estimate of drug-likeness (QED) is 0.344. The summed E-state index contributed by atoms with van der Waals surface area (Å²) < 4.78 is 5.43. The van der Waals surface area contributed by atoms with Crippen molar-refractivity contribution >= 4 is 18.7 Å². The second-order valence-electron chi connectivity index (χ2n) is 1.01. The third-order valence-electron chi connectivity index (χ3n) is 0.464. The molecule has 0 aliphatic rings. The lowest BCUT2D eigenvalue weighted by Gasteiger charge is -1.72. The highest BCUT2D eigenvalue weighted by Crippen LogP contribution is 1.87. The van der Waals surface area contributed by atoms with E-state index in [1.54, 1.807) is 0 Å². The van der Waals surface area contributed by atoms with E-state index in [1.807, 2.05) is 0 Å². The number of hydrogen-bond acceptors (Lipinski definition) is 4. The van der Waals surface area contributed by atoms with Crippen molar-refractivity contribution in [3.8, 4) is 0 Å². The minimum absolute atomic E-state index is 0.231. The standard InChI is InChI=1S/C2H3N3OS/c3-2-1-5(7)4-6-2/h1H,3H2. The topological polar surface area (TPSA) is 55.9 Å². The van der Waals surface area contributed by atoms with Crippen LogP contribution in [0.15, 0.2) is 10.7 Å². The fraction of sp³-hybridized carbons (Fsp3) is 0. The third kappa shape index (κ3) is 0.774. The van der Waals surface area contributed by atoms with Gasteiger partial charge in [0.2, 0.25) is 6.20 Å². The lowest BCUT2D eigenvalue weighted by Crippen LogP contribution is -2.26. The van der Waals surface area contributed by atoms with E-state index >= 15 is 0 Å². The number of nitrogens with zero attached hydrogens (tertiary/aromatic N) is 2. The largest absolute Gasteiger partial charge is 0.390 e. The molecule has 0 aliphatic heterocycles. The van der Waals surface area contributed by atoms with E-state index in [9.17, 15) is 0 Å². The van der Waals surface area contributed by atoms with Crippen molar-refractivity contribution in [2.75, 3.05) is 5.73 Å². The molecule has 0 amide bonds. The number of rotatable bonds is 0. The zero-order chi connectivity index (χ0) is 5.28. The molecule has 0 saturated carbocycles. The second-order valence-corrected chi connectivity index (χ2v) is 1.38. The SMILES string of the molecule is Nc1c[n+]([S-])no1. The zero-order valence-electron chi connectivity index (χ0n) is 3.37. The fourth-order valence-electron chi connectivity index (χ4n) is 0.243. The molecule has 38 valence electrons. The number of aromatic nitrogens is 2. The first-order valence-corrected chi connectivity index (χ1v) is 1.97. The van der Waals surface area contributed by atoms with Gasteiger partial charge in [0, 0.05) is 0 Å². The lowest BCUT2D eigenvalue weighted by atomic mass is 10.9. The molecule has 0 spiro atoms. The molecule has 0 aliphatic carbocycles. The first-order chi connectivity index (χ1) is 3.29. The van der Waals surface area contributed by atoms with Gasteiger partial charge in [0.05, 0.1) is 0 Å². The Morgan fingerprint density at radius 2 is 2.71 bits per heavy atom. The van der Waals surface area contributed by atoms with Crippen LogP contribution in [0.3, 0.4) is 0 Å². The molecule has 0 atom stereocenters. The predicted molar refractivity (Wildman–Crippen MR) is 23.9 cm³/mol. The summed E-state index contributed by atoms with van der Waals surface area (Å²) in [5.41, 5.74) is 5.06. The summed E-state index contributed by atoms with van der Waals surface area (Å²) in [5, 5.41) is 3.25. The van der Waals surface area contributed by atoms with Crippen molar-refractivity contribution in [2.45, 2.75) is 0 Å². The Morgan fingerprint density at radius 3 is 2.86 bits per heavy atom. The van der Waals surface area contributed by atoms with Gasteiger partial charge in [-0.2, -0.15) is 0 Å². The lowest BCUT2D eigenvalue weighted by molar-refractivity contribution is -0.576. The Morgan fingerprint density at radius 1 is 2.00 bits per heavy atom. The minimum atomic E-state index is 0.231. The highest BCUT2D eigenvalue weighted by atomic mass is 32.1. The maximum Gasteiger partial charge on any atom is 0.291 e. The van der Waals surface area contributed by atoms with Crippen LogP contribution in [0.4, 0.5) is 5.88 Å². The minimum Gasteiger partial charge on any atom is -0.390 e. The summed E-state index contributed by atoms with van der Waals surface area (Å²) >= 11 is 4.46. The Kier molecular flexibility index (Phi) is 0.828. The molecule has 5 heteroatoms. The van der Waals surface area contributed by atoms with E-state index in [1.165, 1.54) is 6.20 Å². The molecular weight excluding hydrogens is 114 g/mol. The number of hydrogen-bond donors (Lipinski definition) is 1. The molecule has 1 rings (SSSR count). The van der Waals surface area contributed by atoms with Gasteiger partial charge >= 0.3 is 0 Å². The van der Waals surface area contributed by atoms with Crippen molar-refractivity contribution in [3.05, 3.63) is 6.20 Å². The Bertz CT molecular complexity index is 145. The maximum absolute atomic E-state index is 5.06. The molecule has 0 saturated heterocycles. The number of anilines is 1. The Hall–Kier alpha value is -0.840. The summed E-state index contributed by atoms with van der Waals surface area (Å²) in [5.74, 6) is 0.231. The average molecular weight is 117 g/mol. The smallest absolute Gasteiger partial charge is 0.291 e. The van der Waals surface area contributed by atoms with E-state index in [0.717, 1.165) is 4.09 Å². The van der Waals surface area contributed by atoms with Crippen molar-refractivity contribution in [1.29, 1.82) is 0 Å². The van der Waals surface area contributed by atoms with Gasteiger partial charge in [0.15, 0.2) is 5.27 Å². The molecular formula is C2H3N3OS. The molecule has 1 aromatic rings. The molecule has 2 N–H and O–H groups in total. The van der Waals surface area contributed by atoms with Crippen LogP contribution < -0.4 is 9.82 Å². The van der Waals surface area contributed by atoms with E-state index in [2.05, 4.69) is 22.6 Å². The molecule has 0 radical (unpaired) electrons. The van der Waals surface area contributed by atoms with Crippen LogP contribution in [0.25, 0.3) is 0 Å². The molecule has 1 heterocycles.